The van der Waals surface area contributed by atoms with Crippen molar-refractivity contribution in [3.05, 3.63) is 28.0 Å². The average molecular weight is 294 g/mol. The van der Waals surface area contributed by atoms with Crippen LogP contribution in [0.25, 0.3) is 6.08 Å². The van der Waals surface area contributed by atoms with Crippen LogP contribution in [-0.2, 0) is 16.1 Å². The molecule has 1 aromatic rings. The fourth-order valence-corrected chi connectivity index (χ4v) is 3.24. The topological polar surface area (TPSA) is 46.5 Å². The van der Waals surface area contributed by atoms with Crippen LogP contribution in [0.3, 0.4) is 0 Å². The van der Waals surface area contributed by atoms with Crippen molar-refractivity contribution in [1.82, 2.24) is 0 Å². The summed E-state index contributed by atoms with van der Waals surface area (Å²) in [5.41, 5.74) is 1.40. The Bertz CT molecular complexity index is 478. The average Bonchev–Trinajstić information content (AvgIpc) is 2.83. The number of rotatable bonds is 5. The molecule has 0 unspecified atom stereocenters. The van der Waals surface area contributed by atoms with Gasteiger partial charge in [-0.2, -0.15) is 0 Å². The van der Waals surface area contributed by atoms with Crippen molar-refractivity contribution in [2.24, 2.45) is 5.41 Å². The second-order valence-corrected chi connectivity index (χ2v) is 7.19. The zero-order valence-electron chi connectivity index (χ0n) is 12.1. The lowest BCUT2D eigenvalue weighted by Crippen LogP contribution is -2.26. The number of hydrogen-bond acceptors (Lipinski definition) is 3. The molecule has 0 bridgehead atoms. The van der Waals surface area contributed by atoms with E-state index in [0.717, 1.165) is 29.4 Å². The molecule has 0 aliphatic heterocycles. The Morgan fingerprint density at radius 3 is 2.85 bits per heavy atom. The van der Waals surface area contributed by atoms with Gasteiger partial charge in [-0.25, -0.2) is 4.79 Å². The highest BCUT2D eigenvalue weighted by molar-refractivity contribution is 7.10. The number of carboxylic acid groups (broad SMARTS) is 1. The number of aliphatic carboxylic acids is 1. The van der Waals surface area contributed by atoms with Gasteiger partial charge in [0.05, 0.1) is 12.7 Å². The first kappa shape index (κ1) is 15.3. The number of thiophene rings is 1. The maximum atomic E-state index is 10.5. The number of carbonyl (C=O) groups is 1. The third-order valence-corrected chi connectivity index (χ3v) is 4.77. The largest absolute Gasteiger partial charge is 0.478 e. The molecule has 1 saturated carbocycles. The molecule has 0 atom stereocenters. The summed E-state index contributed by atoms with van der Waals surface area (Å²) in [4.78, 5) is 11.6. The summed E-state index contributed by atoms with van der Waals surface area (Å²) in [5, 5.41) is 10.5. The molecule has 1 aliphatic carbocycles. The van der Waals surface area contributed by atoms with Crippen LogP contribution in [0.4, 0.5) is 0 Å². The van der Waals surface area contributed by atoms with Crippen LogP contribution in [0, 0.1) is 5.41 Å². The van der Waals surface area contributed by atoms with Gasteiger partial charge in [0.25, 0.3) is 0 Å². The van der Waals surface area contributed by atoms with Crippen LogP contribution in [-0.4, -0.2) is 17.2 Å². The van der Waals surface area contributed by atoms with Crippen LogP contribution in [0.15, 0.2) is 17.5 Å². The van der Waals surface area contributed by atoms with Crippen molar-refractivity contribution in [2.75, 3.05) is 0 Å². The molecule has 1 aliphatic rings. The lowest BCUT2D eigenvalue weighted by molar-refractivity contribution is -0.131. The number of carboxylic acids is 1. The van der Waals surface area contributed by atoms with E-state index in [2.05, 4.69) is 13.8 Å². The van der Waals surface area contributed by atoms with Gasteiger partial charge >= 0.3 is 5.97 Å². The summed E-state index contributed by atoms with van der Waals surface area (Å²) in [5.74, 6) is -0.918. The standard InChI is InChI=1S/C16H22O3S/c1-16(2)7-5-13(6-8-16)19-10-14-9-12(11-20-14)3-4-15(17)18/h3-4,9,11,13H,5-8,10H2,1-2H3,(H,17,18)/b4-3+. The molecule has 20 heavy (non-hydrogen) atoms. The predicted molar refractivity (Wildman–Crippen MR) is 81.8 cm³/mol. The number of ether oxygens (including phenoxy) is 1. The van der Waals surface area contributed by atoms with Crippen LogP contribution < -0.4 is 0 Å². The first-order chi connectivity index (χ1) is 9.44. The van der Waals surface area contributed by atoms with Crippen molar-refractivity contribution in [3.8, 4) is 0 Å². The Morgan fingerprint density at radius 1 is 1.50 bits per heavy atom. The quantitative estimate of drug-likeness (QED) is 0.822. The van der Waals surface area contributed by atoms with Gasteiger partial charge in [0, 0.05) is 11.0 Å². The van der Waals surface area contributed by atoms with Crippen molar-refractivity contribution in [3.63, 3.8) is 0 Å². The van der Waals surface area contributed by atoms with E-state index in [0.29, 0.717) is 18.1 Å². The molecule has 110 valence electrons. The summed E-state index contributed by atoms with van der Waals surface area (Å²) in [6.45, 7) is 5.28. The highest BCUT2D eigenvalue weighted by Gasteiger charge is 2.27. The van der Waals surface area contributed by atoms with Crippen molar-refractivity contribution >= 4 is 23.4 Å². The Kier molecular flexibility index (Phi) is 5.00. The molecule has 0 aromatic carbocycles. The van der Waals surface area contributed by atoms with E-state index in [-0.39, 0.29) is 0 Å². The molecule has 1 heterocycles. The van der Waals surface area contributed by atoms with Crippen molar-refractivity contribution < 1.29 is 14.6 Å². The third-order valence-electron chi connectivity index (χ3n) is 3.84. The molecule has 0 saturated heterocycles. The smallest absolute Gasteiger partial charge is 0.328 e. The van der Waals surface area contributed by atoms with Gasteiger partial charge in [-0.15, -0.1) is 11.3 Å². The lowest BCUT2D eigenvalue weighted by Gasteiger charge is -2.34. The van der Waals surface area contributed by atoms with E-state index >= 15 is 0 Å². The molecule has 0 spiro atoms. The van der Waals surface area contributed by atoms with Crippen LogP contribution in [0.1, 0.15) is 50.0 Å². The summed E-state index contributed by atoms with van der Waals surface area (Å²) in [6.07, 6.45) is 7.90. The van der Waals surface area contributed by atoms with E-state index < -0.39 is 5.97 Å². The molecule has 3 nitrogen and oxygen atoms in total. The van der Waals surface area contributed by atoms with Gasteiger partial charge in [-0.05, 0) is 54.2 Å². The highest BCUT2D eigenvalue weighted by Crippen LogP contribution is 2.36. The van der Waals surface area contributed by atoms with Gasteiger partial charge in [-0.3, -0.25) is 0 Å². The highest BCUT2D eigenvalue weighted by atomic mass is 32.1. The Labute approximate surface area is 124 Å². The third kappa shape index (κ3) is 4.76. The van der Waals surface area contributed by atoms with Gasteiger partial charge in [0.2, 0.25) is 0 Å². The fraction of sp³-hybridized carbons (Fsp3) is 0.562. The number of hydrogen-bond donors (Lipinski definition) is 1. The van der Waals surface area contributed by atoms with Gasteiger partial charge in [0.1, 0.15) is 0 Å². The summed E-state index contributed by atoms with van der Waals surface area (Å²) in [6, 6.07) is 2.00. The molecule has 0 amide bonds. The van der Waals surface area contributed by atoms with E-state index in [4.69, 9.17) is 9.84 Å². The van der Waals surface area contributed by atoms with E-state index in [1.807, 2.05) is 11.4 Å². The predicted octanol–water partition coefficient (Wildman–Crippen LogP) is 4.33. The van der Waals surface area contributed by atoms with Gasteiger partial charge in [0.15, 0.2) is 0 Å². The second kappa shape index (κ2) is 6.55. The maximum absolute atomic E-state index is 10.5. The molecule has 2 rings (SSSR count). The molecule has 1 aromatic heterocycles. The van der Waals surface area contributed by atoms with Crippen molar-refractivity contribution in [2.45, 2.75) is 52.2 Å². The zero-order valence-corrected chi connectivity index (χ0v) is 12.9. The summed E-state index contributed by atoms with van der Waals surface area (Å²) < 4.78 is 5.97. The van der Waals surface area contributed by atoms with E-state index in [1.54, 1.807) is 17.4 Å². The normalized spacial score (nSPS) is 19.5. The van der Waals surface area contributed by atoms with Crippen LogP contribution in [0.5, 0.6) is 0 Å². The second-order valence-electron chi connectivity index (χ2n) is 6.19. The minimum atomic E-state index is -0.918. The SMILES string of the molecule is CC1(C)CCC(OCc2cc(/C=C/C(=O)O)cs2)CC1. The van der Waals surface area contributed by atoms with Crippen molar-refractivity contribution in [1.29, 1.82) is 0 Å². The monoisotopic (exact) mass is 294 g/mol. The minimum absolute atomic E-state index is 0.378. The molecule has 1 N–H and O–H groups in total. The molecular weight excluding hydrogens is 272 g/mol. The summed E-state index contributed by atoms with van der Waals surface area (Å²) in [7, 11) is 0. The molecule has 0 radical (unpaired) electrons. The van der Waals surface area contributed by atoms with E-state index in [9.17, 15) is 4.79 Å². The Morgan fingerprint density at radius 2 is 2.20 bits per heavy atom. The van der Waals surface area contributed by atoms with Crippen LogP contribution in [0.2, 0.25) is 0 Å². The maximum Gasteiger partial charge on any atom is 0.328 e. The molecule has 1 fully saturated rings. The lowest BCUT2D eigenvalue weighted by atomic mass is 9.76. The first-order valence-electron chi connectivity index (χ1n) is 7.05. The van der Waals surface area contributed by atoms with Gasteiger partial charge < -0.3 is 9.84 Å². The molecule has 4 heteroatoms. The first-order valence-corrected chi connectivity index (χ1v) is 7.93. The fourth-order valence-electron chi connectivity index (χ4n) is 2.47. The minimum Gasteiger partial charge on any atom is -0.478 e. The summed E-state index contributed by atoms with van der Waals surface area (Å²) >= 11 is 1.62. The van der Waals surface area contributed by atoms with E-state index in [1.165, 1.54) is 12.8 Å². The zero-order chi connectivity index (χ0) is 14.6. The Balaban J connectivity index is 1.79. The Hall–Kier alpha value is -1.13. The van der Waals surface area contributed by atoms with Crippen LogP contribution >= 0.6 is 11.3 Å². The molecular formula is C16H22O3S. The van der Waals surface area contributed by atoms with Gasteiger partial charge in [-0.1, -0.05) is 13.8 Å².